The second-order valence-electron chi connectivity index (χ2n) is 5.30. The molecule has 124 valence electrons. The van der Waals surface area contributed by atoms with Crippen LogP contribution >= 0.6 is 0 Å². The van der Waals surface area contributed by atoms with E-state index in [9.17, 15) is 9.59 Å². The second kappa shape index (κ2) is 7.04. The van der Waals surface area contributed by atoms with Gasteiger partial charge >= 0.3 is 5.97 Å². The Morgan fingerprint density at radius 2 is 1.92 bits per heavy atom. The maximum Gasteiger partial charge on any atom is 0.377 e. The summed E-state index contributed by atoms with van der Waals surface area (Å²) in [5, 5.41) is 4.83. The SMILES string of the molecule is C[C@@H](OC(=O)C1=COCCO1)C(=O)Nc1ccc2ccccc2c1. The van der Waals surface area contributed by atoms with E-state index in [0.717, 1.165) is 10.8 Å². The van der Waals surface area contributed by atoms with Gasteiger partial charge in [0.05, 0.1) is 0 Å². The van der Waals surface area contributed by atoms with Gasteiger partial charge in [-0.05, 0) is 29.8 Å². The van der Waals surface area contributed by atoms with Gasteiger partial charge < -0.3 is 19.5 Å². The first-order chi connectivity index (χ1) is 11.6. The average Bonchev–Trinajstić information content (AvgIpc) is 2.62. The first-order valence-electron chi connectivity index (χ1n) is 7.59. The number of rotatable bonds is 4. The molecule has 0 spiro atoms. The summed E-state index contributed by atoms with van der Waals surface area (Å²) in [6.45, 7) is 2.16. The molecule has 1 amide bonds. The van der Waals surface area contributed by atoms with Crippen molar-refractivity contribution >= 4 is 28.3 Å². The number of carbonyl (C=O) groups is 2. The van der Waals surface area contributed by atoms with E-state index in [2.05, 4.69) is 5.32 Å². The third-order valence-corrected chi connectivity index (χ3v) is 3.52. The van der Waals surface area contributed by atoms with Crippen molar-refractivity contribution in [3.05, 3.63) is 54.5 Å². The summed E-state index contributed by atoms with van der Waals surface area (Å²) in [6.07, 6.45) is 0.232. The summed E-state index contributed by atoms with van der Waals surface area (Å²) in [5.41, 5.74) is 0.637. The zero-order valence-corrected chi connectivity index (χ0v) is 13.2. The van der Waals surface area contributed by atoms with Crippen molar-refractivity contribution in [1.29, 1.82) is 0 Å². The van der Waals surface area contributed by atoms with E-state index in [1.165, 1.54) is 13.2 Å². The van der Waals surface area contributed by atoms with Gasteiger partial charge in [0, 0.05) is 5.69 Å². The maximum atomic E-state index is 12.2. The molecule has 6 heteroatoms. The van der Waals surface area contributed by atoms with E-state index in [-0.39, 0.29) is 12.4 Å². The van der Waals surface area contributed by atoms with Crippen LogP contribution in [0.25, 0.3) is 10.8 Å². The van der Waals surface area contributed by atoms with Crippen molar-refractivity contribution < 1.29 is 23.8 Å². The summed E-state index contributed by atoms with van der Waals surface area (Å²) >= 11 is 0. The molecule has 0 aromatic heterocycles. The molecule has 0 bridgehead atoms. The highest BCUT2D eigenvalue weighted by molar-refractivity contribution is 5.98. The number of ether oxygens (including phenoxy) is 3. The van der Waals surface area contributed by atoms with Crippen LogP contribution in [-0.2, 0) is 23.8 Å². The molecule has 1 atom stereocenters. The third-order valence-electron chi connectivity index (χ3n) is 3.52. The van der Waals surface area contributed by atoms with Crippen molar-refractivity contribution in [2.75, 3.05) is 18.5 Å². The first-order valence-corrected chi connectivity index (χ1v) is 7.59. The largest absolute Gasteiger partial charge is 0.493 e. The quantitative estimate of drug-likeness (QED) is 0.874. The summed E-state index contributed by atoms with van der Waals surface area (Å²) in [7, 11) is 0. The van der Waals surface area contributed by atoms with Gasteiger partial charge in [-0.2, -0.15) is 0 Å². The number of fused-ring (bicyclic) bond motifs is 1. The summed E-state index contributed by atoms with van der Waals surface area (Å²) in [6, 6.07) is 13.4. The highest BCUT2D eigenvalue weighted by Crippen LogP contribution is 2.19. The van der Waals surface area contributed by atoms with E-state index in [1.54, 1.807) is 6.07 Å². The Kier molecular flexibility index (Phi) is 4.65. The molecule has 0 saturated heterocycles. The van der Waals surface area contributed by atoms with Crippen molar-refractivity contribution in [2.45, 2.75) is 13.0 Å². The van der Waals surface area contributed by atoms with Crippen LogP contribution in [0, 0.1) is 0 Å². The Balaban J connectivity index is 1.62. The van der Waals surface area contributed by atoms with Gasteiger partial charge in [0.1, 0.15) is 19.5 Å². The van der Waals surface area contributed by atoms with E-state index < -0.39 is 18.0 Å². The van der Waals surface area contributed by atoms with Crippen LogP contribution in [-0.4, -0.2) is 31.2 Å². The highest BCUT2D eigenvalue weighted by Gasteiger charge is 2.23. The van der Waals surface area contributed by atoms with Crippen LogP contribution in [0.4, 0.5) is 5.69 Å². The number of carbonyl (C=O) groups excluding carboxylic acids is 2. The molecule has 0 unspecified atom stereocenters. The summed E-state index contributed by atoms with van der Waals surface area (Å²) in [5.74, 6) is -1.18. The molecule has 1 N–H and O–H groups in total. The Morgan fingerprint density at radius 1 is 1.12 bits per heavy atom. The number of hydrogen-bond acceptors (Lipinski definition) is 5. The van der Waals surface area contributed by atoms with Gasteiger partial charge in [-0.3, -0.25) is 4.79 Å². The minimum Gasteiger partial charge on any atom is -0.493 e. The lowest BCUT2D eigenvalue weighted by atomic mass is 10.1. The van der Waals surface area contributed by atoms with Gasteiger partial charge in [-0.25, -0.2) is 4.79 Å². The molecule has 2 aromatic rings. The standard InChI is InChI=1S/C18H17NO5/c1-12(24-18(21)16-11-22-8-9-23-16)17(20)19-15-7-6-13-4-2-3-5-14(13)10-15/h2-7,10-12H,8-9H2,1H3,(H,19,20)/t12-/m1/s1. The third kappa shape index (κ3) is 3.65. The van der Waals surface area contributed by atoms with Gasteiger partial charge in [0.25, 0.3) is 5.91 Å². The smallest absolute Gasteiger partial charge is 0.377 e. The molecule has 1 aliphatic rings. The number of nitrogens with one attached hydrogen (secondary N) is 1. The van der Waals surface area contributed by atoms with Crippen molar-refractivity contribution in [2.24, 2.45) is 0 Å². The predicted molar refractivity (Wildman–Crippen MR) is 88.1 cm³/mol. The molecule has 24 heavy (non-hydrogen) atoms. The molecular formula is C18H17NO5. The van der Waals surface area contributed by atoms with Gasteiger partial charge in [-0.15, -0.1) is 0 Å². The summed E-state index contributed by atoms with van der Waals surface area (Å²) in [4.78, 5) is 24.1. The van der Waals surface area contributed by atoms with E-state index >= 15 is 0 Å². The normalized spacial score (nSPS) is 14.8. The number of amides is 1. The van der Waals surface area contributed by atoms with E-state index in [4.69, 9.17) is 14.2 Å². The molecule has 1 aliphatic heterocycles. The topological polar surface area (TPSA) is 73.9 Å². The van der Waals surface area contributed by atoms with Crippen LogP contribution in [0.15, 0.2) is 54.5 Å². The lowest BCUT2D eigenvalue weighted by molar-refractivity contribution is -0.153. The lowest BCUT2D eigenvalue weighted by Crippen LogP contribution is -2.31. The number of anilines is 1. The van der Waals surface area contributed by atoms with Crippen molar-refractivity contribution in [1.82, 2.24) is 0 Å². The molecular weight excluding hydrogens is 310 g/mol. The fourth-order valence-electron chi connectivity index (χ4n) is 2.26. The Bertz CT molecular complexity index is 799. The Morgan fingerprint density at radius 3 is 2.67 bits per heavy atom. The molecule has 1 heterocycles. The van der Waals surface area contributed by atoms with Gasteiger partial charge in [0.15, 0.2) is 6.10 Å². The molecule has 0 radical (unpaired) electrons. The van der Waals surface area contributed by atoms with Crippen LogP contribution in [0.5, 0.6) is 0 Å². The fraction of sp³-hybridized carbons (Fsp3) is 0.222. The lowest BCUT2D eigenvalue weighted by Gasteiger charge is -2.17. The number of hydrogen-bond donors (Lipinski definition) is 1. The minimum atomic E-state index is -0.963. The minimum absolute atomic E-state index is 0.0356. The van der Waals surface area contributed by atoms with Crippen molar-refractivity contribution in [3.8, 4) is 0 Å². The molecule has 0 saturated carbocycles. The Hall–Kier alpha value is -3.02. The van der Waals surface area contributed by atoms with Crippen molar-refractivity contribution in [3.63, 3.8) is 0 Å². The average molecular weight is 327 g/mol. The fourth-order valence-corrected chi connectivity index (χ4v) is 2.26. The van der Waals surface area contributed by atoms with Crippen LogP contribution in [0.3, 0.4) is 0 Å². The first kappa shape index (κ1) is 15.9. The molecule has 0 fully saturated rings. The zero-order chi connectivity index (χ0) is 16.9. The summed E-state index contributed by atoms with van der Waals surface area (Å²) < 4.78 is 15.2. The monoisotopic (exact) mass is 327 g/mol. The van der Waals surface area contributed by atoms with Crippen LogP contribution in [0.1, 0.15) is 6.92 Å². The van der Waals surface area contributed by atoms with E-state index in [1.807, 2.05) is 36.4 Å². The maximum absolute atomic E-state index is 12.2. The predicted octanol–water partition coefficient (Wildman–Crippen LogP) is 2.60. The van der Waals surface area contributed by atoms with Crippen LogP contribution < -0.4 is 5.32 Å². The molecule has 6 nitrogen and oxygen atoms in total. The Labute approximate surface area is 139 Å². The molecule has 2 aromatic carbocycles. The zero-order valence-electron chi connectivity index (χ0n) is 13.2. The van der Waals surface area contributed by atoms with Gasteiger partial charge in [-0.1, -0.05) is 30.3 Å². The molecule has 0 aliphatic carbocycles. The molecule has 3 rings (SSSR count). The number of esters is 1. The number of benzene rings is 2. The second-order valence-corrected chi connectivity index (χ2v) is 5.30. The van der Waals surface area contributed by atoms with Gasteiger partial charge in [0.2, 0.25) is 5.76 Å². The van der Waals surface area contributed by atoms with E-state index in [0.29, 0.717) is 12.3 Å². The van der Waals surface area contributed by atoms with Crippen LogP contribution in [0.2, 0.25) is 0 Å². The highest BCUT2D eigenvalue weighted by atomic mass is 16.6.